The summed E-state index contributed by atoms with van der Waals surface area (Å²) in [5.41, 5.74) is 0.502. The minimum atomic E-state index is -0.839. The van der Waals surface area contributed by atoms with E-state index in [9.17, 15) is 15.0 Å². The summed E-state index contributed by atoms with van der Waals surface area (Å²) in [6, 6.07) is 3.71. The summed E-state index contributed by atoms with van der Waals surface area (Å²) in [6.45, 7) is 1.79. The second kappa shape index (κ2) is 3.70. The number of benzene rings is 1. The topological polar surface area (TPSA) is 57.5 Å². The molecule has 1 aliphatic rings. The van der Waals surface area contributed by atoms with Gasteiger partial charge in [-0.1, -0.05) is 6.07 Å². The number of aromatic hydroxyl groups is 1. The van der Waals surface area contributed by atoms with Gasteiger partial charge in [0, 0.05) is 10.5 Å². The largest absolute Gasteiger partial charge is 0.507 e. The Morgan fingerprint density at radius 2 is 2.06 bits per heavy atom. The zero-order valence-electron chi connectivity index (χ0n) is 9.28. The quantitative estimate of drug-likeness (QED) is 0.794. The van der Waals surface area contributed by atoms with Crippen LogP contribution in [0.15, 0.2) is 17.0 Å². The molecule has 0 heterocycles. The first-order valence-electron chi connectivity index (χ1n) is 5.13. The molecule has 1 fully saturated rings. The van der Waals surface area contributed by atoms with Crippen molar-refractivity contribution in [3.05, 3.63) is 23.3 Å². The number of aliphatic carboxylic acids is 1. The zero-order chi connectivity index (χ0) is 11.9. The first-order valence-corrected chi connectivity index (χ1v) is 6.36. The van der Waals surface area contributed by atoms with Crippen LogP contribution in [0.2, 0.25) is 0 Å². The van der Waals surface area contributed by atoms with Crippen LogP contribution in [0.4, 0.5) is 0 Å². The summed E-state index contributed by atoms with van der Waals surface area (Å²) >= 11 is 1.48. The maximum Gasteiger partial charge on any atom is 0.314 e. The van der Waals surface area contributed by atoms with Crippen molar-refractivity contribution in [3.63, 3.8) is 0 Å². The zero-order valence-corrected chi connectivity index (χ0v) is 10.1. The summed E-state index contributed by atoms with van der Waals surface area (Å²) in [5, 5.41) is 19.3. The Morgan fingerprint density at radius 3 is 2.50 bits per heavy atom. The fourth-order valence-electron chi connectivity index (χ4n) is 2.01. The van der Waals surface area contributed by atoms with E-state index in [1.807, 2.05) is 18.4 Å². The summed E-state index contributed by atoms with van der Waals surface area (Å²) in [4.78, 5) is 12.2. The Bertz CT molecular complexity index is 450. The highest BCUT2D eigenvalue weighted by atomic mass is 32.2. The van der Waals surface area contributed by atoms with E-state index < -0.39 is 11.4 Å². The molecule has 1 aromatic rings. The van der Waals surface area contributed by atoms with E-state index in [4.69, 9.17) is 0 Å². The van der Waals surface area contributed by atoms with Crippen molar-refractivity contribution in [2.75, 3.05) is 6.26 Å². The van der Waals surface area contributed by atoms with Gasteiger partial charge in [0.25, 0.3) is 0 Å². The monoisotopic (exact) mass is 238 g/mol. The Kier molecular flexibility index (Phi) is 2.62. The molecule has 0 saturated heterocycles. The van der Waals surface area contributed by atoms with Crippen LogP contribution in [-0.2, 0) is 10.2 Å². The fourth-order valence-corrected chi connectivity index (χ4v) is 2.71. The molecule has 0 bridgehead atoms. The molecule has 0 radical (unpaired) electrons. The number of aryl methyl sites for hydroxylation is 1. The molecule has 1 aromatic carbocycles. The Morgan fingerprint density at radius 1 is 1.44 bits per heavy atom. The van der Waals surface area contributed by atoms with Crippen LogP contribution in [0.1, 0.15) is 24.0 Å². The molecule has 0 spiro atoms. The van der Waals surface area contributed by atoms with Gasteiger partial charge in [0.05, 0.1) is 5.41 Å². The third-order valence-corrected chi connectivity index (χ3v) is 3.98. The third kappa shape index (κ3) is 1.48. The number of phenols is 1. The van der Waals surface area contributed by atoms with Crippen LogP contribution >= 0.6 is 11.8 Å². The number of carboxylic acids is 1. The SMILES string of the molecule is CSc1ccc(C)c(O)c1C1(C(=O)O)CC1. The molecule has 4 heteroatoms. The van der Waals surface area contributed by atoms with Crippen LogP contribution in [0.5, 0.6) is 5.75 Å². The number of carboxylic acid groups (broad SMARTS) is 1. The molecule has 3 nitrogen and oxygen atoms in total. The molecule has 0 unspecified atom stereocenters. The van der Waals surface area contributed by atoms with Gasteiger partial charge >= 0.3 is 5.97 Å². The minimum Gasteiger partial charge on any atom is -0.507 e. The summed E-state index contributed by atoms with van der Waals surface area (Å²) in [7, 11) is 0. The van der Waals surface area contributed by atoms with Gasteiger partial charge in [0.15, 0.2) is 0 Å². The Balaban J connectivity index is 2.63. The predicted octanol–water partition coefficient (Wildman–Crippen LogP) is 2.54. The highest BCUT2D eigenvalue weighted by Gasteiger charge is 2.54. The number of thioether (sulfide) groups is 1. The molecule has 0 aliphatic heterocycles. The third-order valence-electron chi connectivity index (χ3n) is 3.20. The van der Waals surface area contributed by atoms with Crippen molar-refractivity contribution < 1.29 is 15.0 Å². The van der Waals surface area contributed by atoms with Crippen LogP contribution in [0.3, 0.4) is 0 Å². The summed E-state index contributed by atoms with van der Waals surface area (Å²) < 4.78 is 0. The van der Waals surface area contributed by atoms with Crippen LogP contribution < -0.4 is 0 Å². The van der Waals surface area contributed by atoms with Crippen molar-refractivity contribution in [2.45, 2.75) is 30.1 Å². The van der Waals surface area contributed by atoms with Gasteiger partial charge in [0.2, 0.25) is 0 Å². The summed E-state index contributed by atoms with van der Waals surface area (Å²) in [5.74, 6) is -0.685. The van der Waals surface area contributed by atoms with E-state index in [0.717, 1.165) is 10.5 Å². The molecular weight excluding hydrogens is 224 g/mol. The second-order valence-electron chi connectivity index (χ2n) is 4.20. The van der Waals surface area contributed by atoms with Gasteiger partial charge in [-0.2, -0.15) is 0 Å². The van der Waals surface area contributed by atoms with E-state index in [0.29, 0.717) is 18.4 Å². The standard InChI is InChI=1S/C12H14O3S/c1-7-3-4-8(16-2)9(10(7)13)12(5-6-12)11(14)15/h3-4,13H,5-6H2,1-2H3,(H,14,15). The number of phenolic OH excluding ortho intramolecular Hbond substituents is 1. The molecule has 2 rings (SSSR count). The van der Waals surface area contributed by atoms with Crippen LogP contribution in [-0.4, -0.2) is 22.4 Å². The van der Waals surface area contributed by atoms with Crippen molar-refractivity contribution in [2.24, 2.45) is 0 Å². The van der Waals surface area contributed by atoms with E-state index in [1.165, 1.54) is 11.8 Å². The lowest BCUT2D eigenvalue weighted by molar-refractivity contribution is -0.140. The lowest BCUT2D eigenvalue weighted by Crippen LogP contribution is -2.20. The first kappa shape index (κ1) is 11.3. The molecule has 1 aliphatic carbocycles. The van der Waals surface area contributed by atoms with E-state index >= 15 is 0 Å². The lowest BCUT2D eigenvalue weighted by Gasteiger charge is -2.17. The second-order valence-corrected chi connectivity index (χ2v) is 5.04. The summed E-state index contributed by atoms with van der Waals surface area (Å²) in [6.07, 6.45) is 3.13. The Labute approximate surface area is 98.5 Å². The molecule has 1 saturated carbocycles. The average Bonchev–Trinajstić information content (AvgIpc) is 3.03. The van der Waals surface area contributed by atoms with Gasteiger partial charge in [0.1, 0.15) is 5.75 Å². The van der Waals surface area contributed by atoms with Gasteiger partial charge in [-0.15, -0.1) is 11.8 Å². The van der Waals surface area contributed by atoms with Crippen molar-refractivity contribution >= 4 is 17.7 Å². The maximum atomic E-state index is 11.3. The first-order chi connectivity index (χ1) is 7.53. The van der Waals surface area contributed by atoms with Crippen molar-refractivity contribution in [1.29, 1.82) is 0 Å². The van der Waals surface area contributed by atoms with Gasteiger partial charge in [-0.3, -0.25) is 4.79 Å². The number of rotatable bonds is 3. The molecule has 0 aromatic heterocycles. The van der Waals surface area contributed by atoms with E-state index in [2.05, 4.69) is 0 Å². The molecule has 0 atom stereocenters. The van der Waals surface area contributed by atoms with Crippen molar-refractivity contribution in [1.82, 2.24) is 0 Å². The van der Waals surface area contributed by atoms with E-state index in [1.54, 1.807) is 6.92 Å². The fraction of sp³-hybridized carbons (Fsp3) is 0.417. The molecule has 2 N–H and O–H groups in total. The number of hydrogen-bond acceptors (Lipinski definition) is 3. The Hall–Kier alpha value is -1.16. The van der Waals surface area contributed by atoms with Crippen LogP contribution in [0.25, 0.3) is 0 Å². The maximum absolute atomic E-state index is 11.3. The van der Waals surface area contributed by atoms with E-state index in [-0.39, 0.29) is 5.75 Å². The van der Waals surface area contributed by atoms with Crippen LogP contribution in [0, 0.1) is 6.92 Å². The molecule has 16 heavy (non-hydrogen) atoms. The normalized spacial score (nSPS) is 17.1. The average molecular weight is 238 g/mol. The highest BCUT2D eigenvalue weighted by Crippen LogP contribution is 2.54. The number of hydrogen-bond donors (Lipinski definition) is 2. The molecule has 0 amide bonds. The lowest BCUT2D eigenvalue weighted by atomic mass is 9.93. The molecule has 86 valence electrons. The minimum absolute atomic E-state index is 0.145. The molecular formula is C12H14O3S. The predicted molar refractivity (Wildman–Crippen MR) is 63.2 cm³/mol. The van der Waals surface area contributed by atoms with Gasteiger partial charge in [-0.05, 0) is 37.7 Å². The smallest absolute Gasteiger partial charge is 0.314 e. The van der Waals surface area contributed by atoms with Gasteiger partial charge < -0.3 is 10.2 Å². The van der Waals surface area contributed by atoms with Crippen molar-refractivity contribution in [3.8, 4) is 5.75 Å². The van der Waals surface area contributed by atoms with Gasteiger partial charge in [-0.25, -0.2) is 0 Å². The number of carbonyl (C=O) groups is 1. The highest BCUT2D eigenvalue weighted by molar-refractivity contribution is 7.98.